The number of nitrogens with zero attached hydrogens (tertiary/aromatic N) is 1. The summed E-state index contributed by atoms with van der Waals surface area (Å²) in [6.45, 7) is 2.92. The van der Waals surface area contributed by atoms with E-state index in [9.17, 15) is 31.9 Å². The maximum Gasteiger partial charge on any atom is 0.328 e. The maximum absolute atomic E-state index is 13.6. The third-order valence-corrected chi connectivity index (χ3v) is 8.38. The first kappa shape index (κ1) is 34.4. The zero-order valence-corrected chi connectivity index (χ0v) is 24.9. The molecule has 3 aromatic rings. The Kier molecular flexibility index (Phi) is 12.1. The molecule has 0 bridgehead atoms. The highest BCUT2D eigenvalue weighted by Gasteiger charge is 2.41. The monoisotopic (exact) mass is 631 g/mol. The number of likely N-dealkylation sites (tertiary alicyclic amines) is 1. The zero-order valence-electron chi connectivity index (χ0n) is 24.1. The van der Waals surface area contributed by atoms with E-state index in [1.807, 2.05) is 0 Å². The molecule has 1 fully saturated rings. The van der Waals surface area contributed by atoms with E-state index in [1.165, 1.54) is 30.5 Å². The van der Waals surface area contributed by atoms with Gasteiger partial charge in [0.1, 0.15) is 23.0 Å². The predicted molar refractivity (Wildman–Crippen MR) is 159 cm³/mol. The number of hydrogen-bond acceptors (Lipinski definition) is 7. The van der Waals surface area contributed by atoms with Gasteiger partial charge >= 0.3 is 11.9 Å². The third-order valence-electron chi connectivity index (χ3n) is 7.25. The van der Waals surface area contributed by atoms with E-state index in [0.29, 0.717) is 35.6 Å². The normalized spacial score (nSPS) is 14.5. The molecule has 0 aliphatic carbocycles. The van der Waals surface area contributed by atoms with Gasteiger partial charge in [0.05, 0.1) is 11.5 Å². The van der Waals surface area contributed by atoms with Gasteiger partial charge in [-0.15, -0.1) is 0 Å². The van der Waals surface area contributed by atoms with Crippen molar-refractivity contribution in [1.29, 1.82) is 0 Å². The van der Waals surface area contributed by atoms with E-state index < -0.39 is 27.4 Å². The van der Waals surface area contributed by atoms with Gasteiger partial charge in [0.15, 0.2) is 9.84 Å². The standard InChI is InChI=1S/C28H31F2NO4S.C4H4O4/c1-36(33,34)27-13-11-26(12-14-27)35-20-2-17-31-18-15-23(16-19-31)28(32,21-3-7-24(29)8-4-21)22-5-9-25(30)10-6-22;5-3(6)1-2-4(7)8/h3-14,23,32H,2,15-20H2,1H3;1-2H,(H,5,6)(H,7,8)/b;2-1+. The van der Waals surface area contributed by atoms with Gasteiger partial charge < -0.3 is 25.0 Å². The molecule has 1 saturated heterocycles. The highest BCUT2D eigenvalue weighted by atomic mass is 32.2. The first-order valence-corrected chi connectivity index (χ1v) is 15.7. The molecule has 4 rings (SSSR count). The lowest BCUT2D eigenvalue weighted by Gasteiger charge is -2.42. The average molecular weight is 632 g/mol. The Hall–Kier alpha value is -4.13. The number of aliphatic hydroxyl groups is 1. The van der Waals surface area contributed by atoms with E-state index in [-0.39, 0.29) is 22.4 Å². The third kappa shape index (κ3) is 9.97. The molecule has 1 aliphatic rings. The Labute approximate surface area is 255 Å². The van der Waals surface area contributed by atoms with E-state index >= 15 is 0 Å². The molecular formula is C32H35F2NO8S. The van der Waals surface area contributed by atoms with E-state index in [0.717, 1.165) is 38.9 Å². The number of carboxylic acid groups (broad SMARTS) is 2. The van der Waals surface area contributed by atoms with Gasteiger partial charge in [-0.25, -0.2) is 26.8 Å². The van der Waals surface area contributed by atoms with Crippen LogP contribution in [0.1, 0.15) is 30.4 Å². The second-order valence-electron chi connectivity index (χ2n) is 10.4. The molecule has 3 aromatic carbocycles. The number of piperidine rings is 1. The quantitative estimate of drug-likeness (QED) is 0.206. The van der Waals surface area contributed by atoms with E-state index in [2.05, 4.69) is 4.90 Å². The number of aliphatic carboxylic acids is 2. The highest BCUT2D eigenvalue weighted by molar-refractivity contribution is 7.90. The van der Waals surface area contributed by atoms with Gasteiger partial charge in [0.25, 0.3) is 0 Å². The maximum atomic E-state index is 13.6. The second kappa shape index (κ2) is 15.6. The number of ether oxygens (including phenoxy) is 1. The Morgan fingerprint density at radius 3 is 1.73 bits per heavy atom. The van der Waals surface area contributed by atoms with Gasteiger partial charge in [-0.3, -0.25) is 0 Å². The molecule has 0 radical (unpaired) electrons. The lowest BCUT2D eigenvalue weighted by molar-refractivity contribution is -0.134. The number of benzene rings is 3. The Bertz CT molecular complexity index is 1460. The van der Waals surface area contributed by atoms with Crippen molar-refractivity contribution in [3.05, 3.63) is 108 Å². The molecule has 9 nitrogen and oxygen atoms in total. The fraction of sp³-hybridized carbons (Fsp3) is 0.312. The first-order chi connectivity index (χ1) is 20.8. The van der Waals surface area contributed by atoms with Crippen LogP contribution in [0.2, 0.25) is 0 Å². The number of sulfone groups is 1. The van der Waals surface area contributed by atoms with Crippen LogP contribution in [-0.4, -0.2) is 73.1 Å². The van der Waals surface area contributed by atoms with Crippen LogP contribution in [0.5, 0.6) is 5.75 Å². The average Bonchev–Trinajstić information content (AvgIpc) is 2.99. The molecule has 0 saturated carbocycles. The fourth-order valence-electron chi connectivity index (χ4n) is 5.02. The minimum atomic E-state index is -3.23. The minimum absolute atomic E-state index is 0.103. The van der Waals surface area contributed by atoms with Crippen LogP contribution in [0, 0.1) is 17.6 Å². The first-order valence-electron chi connectivity index (χ1n) is 13.8. The fourth-order valence-corrected chi connectivity index (χ4v) is 5.65. The van der Waals surface area contributed by atoms with Crippen molar-refractivity contribution in [3.63, 3.8) is 0 Å². The van der Waals surface area contributed by atoms with Gasteiger partial charge in [0.2, 0.25) is 0 Å². The van der Waals surface area contributed by atoms with Crippen LogP contribution in [-0.2, 0) is 25.0 Å². The van der Waals surface area contributed by atoms with Crippen molar-refractivity contribution in [3.8, 4) is 5.75 Å². The molecule has 1 aliphatic heterocycles. The van der Waals surface area contributed by atoms with Crippen molar-refractivity contribution in [2.45, 2.75) is 29.8 Å². The summed E-state index contributed by atoms with van der Waals surface area (Å²) in [6, 6.07) is 18.2. The SMILES string of the molecule is CS(=O)(=O)c1ccc(OCCCN2CCC(C(O)(c3ccc(F)cc3)c3ccc(F)cc3)CC2)cc1.O=C(O)/C=C/C(=O)O. The largest absolute Gasteiger partial charge is 0.494 e. The van der Waals surface area contributed by atoms with Crippen LogP contribution in [0.3, 0.4) is 0 Å². The van der Waals surface area contributed by atoms with Crippen molar-refractivity contribution >= 4 is 21.8 Å². The summed E-state index contributed by atoms with van der Waals surface area (Å²) in [7, 11) is -3.23. The number of hydrogen-bond donors (Lipinski definition) is 3. The molecule has 236 valence electrons. The molecule has 12 heteroatoms. The molecule has 0 unspecified atom stereocenters. The van der Waals surface area contributed by atoms with Crippen LogP contribution in [0.15, 0.2) is 89.8 Å². The number of carbonyl (C=O) groups is 2. The summed E-state index contributed by atoms with van der Waals surface area (Å²) in [5.41, 5.74) is -0.136. The smallest absolute Gasteiger partial charge is 0.328 e. The Morgan fingerprint density at radius 2 is 1.32 bits per heavy atom. The molecule has 0 atom stereocenters. The zero-order chi connectivity index (χ0) is 32.3. The van der Waals surface area contributed by atoms with Gasteiger partial charge in [0, 0.05) is 25.0 Å². The van der Waals surface area contributed by atoms with Crippen LogP contribution in [0.25, 0.3) is 0 Å². The molecule has 44 heavy (non-hydrogen) atoms. The lowest BCUT2D eigenvalue weighted by Crippen LogP contribution is -2.44. The summed E-state index contributed by atoms with van der Waals surface area (Å²) >= 11 is 0. The second-order valence-corrected chi connectivity index (χ2v) is 12.4. The van der Waals surface area contributed by atoms with Crippen LogP contribution in [0.4, 0.5) is 8.78 Å². The van der Waals surface area contributed by atoms with Crippen LogP contribution < -0.4 is 4.74 Å². The topological polar surface area (TPSA) is 141 Å². The van der Waals surface area contributed by atoms with Gasteiger partial charge in [-0.2, -0.15) is 0 Å². The summed E-state index contributed by atoms with van der Waals surface area (Å²) in [6.07, 6.45) is 4.56. The van der Waals surface area contributed by atoms with Gasteiger partial charge in [-0.05, 0) is 97.9 Å². The summed E-state index contributed by atoms with van der Waals surface area (Å²) in [5, 5.41) is 27.6. The summed E-state index contributed by atoms with van der Waals surface area (Å²) in [4.78, 5) is 21.7. The van der Waals surface area contributed by atoms with Crippen molar-refractivity contribution in [2.75, 3.05) is 32.5 Å². The summed E-state index contributed by atoms with van der Waals surface area (Å²) in [5.74, 6) is -2.73. The number of halogens is 2. The molecule has 1 heterocycles. The lowest BCUT2D eigenvalue weighted by atomic mass is 9.72. The van der Waals surface area contributed by atoms with E-state index in [1.54, 1.807) is 48.5 Å². The van der Waals surface area contributed by atoms with Crippen molar-refractivity contribution < 1.29 is 46.8 Å². The van der Waals surface area contributed by atoms with E-state index in [4.69, 9.17) is 14.9 Å². The number of rotatable bonds is 11. The summed E-state index contributed by atoms with van der Waals surface area (Å²) < 4.78 is 56.0. The van der Waals surface area contributed by atoms with Crippen molar-refractivity contribution in [1.82, 2.24) is 4.90 Å². The molecular weight excluding hydrogens is 596 g/mol. The predicted octanol–water partition coefficient (Wildman–Crippen LogP) is 4.50. The number of carboxylic acids is 2. The Balaban J connectivity index is 0.000000583. The van der Waals surface area contributed by atoms with Gasteiger partial charge in [-0.1, -0.05) is 24.3 Å². The Morgan fingerprint density at radius 1 is 0.864 bits per heavy atom. The minimum Gasteiger partial charge on any atom is -0.494 e. The highest BCUT2D eigenvalue weighted by Crippen LogP contribution is 2.42. The van der Waals surface area contributed by atoms with Crippen LogP contribution >= 0.6 is 0 Å². The molecule has 0 amide bonds. The molecule has 0 spiro atoms. The van der Waals surface area contributed by atoms with Crippen molar-refractivity contribution in [2.24, 2.45) is 5.92 Å². The molecule has 0 aromatic heterocycles. The molecule has 3 N–H and O–H groups in total.